The van der Waals surface area contributed by atoms with Crippen LogP contribution in [0.25, 0.3) is 22.0 Å². The molecule has 0 aliphatic heterocycles. The third-order valence-corrected chi connectivity index (χ3v) is 5.05. The lowest BCUT2D eigenvalue weighted by atomic mass is 9.88. The van der Waals surface area contributed by atoms with Gasteiger partial charge in [0.2, 0.25) is 0 Å². The van der Waals surface area contributed by atoms with Gasteiger partial charge in [-0.15, -0.1) is 0 Å². The SMILES string of the molecule is N#CCCC(c1ccc(Cl)cc1F)c1[nH]nc2c(-c3cccnc3)cccc12. The van der Waals surface area contributed by atoms with E-state index in [1.807, 2.05) is 30.3 Å². The molecule has 2 aromatic heterocycles. The van der Waals surface area contributed by atoms with Gasteiger partial charge in [0.15, 0.2) is 0 Å². The van der Waals surface area contributed by atoms with Crippen LogP contribution in [0.15, 0.2) is 60.9 Å². The predicted molar refractivity (Wildman–Crippen MR) is 107 cm³/mol. The molecule has 0 saturated heterocycles. The molecular weight excluding hydrogens is 375 g/mol. The molecule has 0 spiro atoms. The molecule has 28 heavy (non-hydrogen) atoms. The normalized spacial score (nSPS) is 12.0. The molecule has 1 N–H and O–H groups in total. The molecule has 1 atom stereocenters. The number of fused-ring (bicyclic) bond motifs is 1. The number of benzene rings is 2. The zero-order valence-corrected chi connectivity index (χ0v) is 15.6. The quantitative estimate of drug-likeness (QED) is 0.464. The first kappa shape index (κ1) is 18.1. The minimum atomic E-state index is -0.387. The van der Waals surface area contributed by atoms with Crippen molar-refractivity contribution in [2.45, 2.75) is 18.8 Å². The number of aromatic amines is 1. The van der Waals surface area contributed by atoms with Crippen LogP contribution in [0.1, 0.15) is 30.0 Å². The summed E-state index contributed by atoms with van der Waals surface area (Å²) in [5.41, 5.74) is 3.98. The predicted octanol–water partition coefficient (Wildman–Crippen LogP) is 5.85. The van der Waals surface area contributed by atoms with E-state index in [0.717, 1.165) is 27.7 Å². The molecule has 0 aliphatic rings. The Balaban J connectivity index is 1.87. The Labute approximate surface area is 166 Å². The van der Waals surface area contributed by atoms with E-state index >= 15 is 0 Å². The Kier molecular flexibility index (Phi) is 5.05. The van der Waals surface area contributed by atoms with Gasteiger partial charge >= 0.3 is 0 Å². The molecule has 4 nitrogen and oxygen atoms in total. The van der Waals surface area contributed by atoms with Crippen LogP contribution in [0.2, 0.25) is 5.02 Å². The van der Waals surface area contributed by atoms with Crippen LogP contribution < -0.4 is 0 Å². The highest BCUT2D eigenvalue weighted by atomic mass is 35.5. The zero-order chi connectivity index (χ0) is 19.5. The molecule has 0 bridgehead atoms. The maximum absolute atomic E-state index is 14.7. The van der Waals surface area contributed by atoms with Gasteiger partial charge in [-0.05, 0) is 30.2 Å². The third-order valence-electron chi connectivity index (χ3n) is 4.82. The van der Waals surface area contributed by atoms with Gasteiger partial charge in [-0.2, -0.15) is 10.4 Å². The lowest BCUT2D eigenvalue weighted by Crippen LogP contribution is -2.05. The molecule has 0 saturated carbocycles. The summed E-state index contributed by atoms with van der Waals surface area (Å²) in [6.45, 7) is 0. The number of halogens is 2. The molecule has 0 fully saturated rings. The molecular formula is C22H16ClFN4. The topological polar surface area (TPSA) is 65.4 Å². The van der Waals surface area contributed by atoms with Crippen molar-refractivity contribution in [1.29, 1.82) is 5.26 Å². The molecule has 0 radical (unpaired) electrons. The van der Waals surface area contributed by atoms with E-state index in [0.29, 0.717) is 23.4 Å². The van der Waals surface area contributed by atoms with Gasteiger partial charge in [-0.3, -0.25) is 10.1 Å². The summed E-state index contributed by atoms with van der Waals surface area (Å²) >= 11 is 5.92. The molecule has 138 valence electrons. The largest absolute Gasteiger partial charge is 0.281 e. The van der Waals surface area contributed by atoms with E-state index in [1.54, 1.807) is 24.5 Å². The number of rotatable bonds is 5. The van der Waals surface area contributed by atoms with Crippen molar-refractivity contribution >= 4 is 22.5 Å². The van der Waals surface area contributed by atoms with Crippen molar-refractivity contribution in [3.05, 3.63) is 83.0 Å². The van der Waals surface area contributed by atoms with Crippen LogP contribution in [0.3, 0.4) is 0 Å². The van der Waals surface area contributed by atoms with Gasteiger partial charge in [0, 0.05) is 46.3 Å². The molecule has 2 heterocycles. The van der Waals surface area contributed by atoms with Crippen LogP contribution in [0.5, 0.6) is 0 Å². The van der Waals surface area contributed by atoms with E-state index in [-0.39, 0.29) is 11.7 Å². The lowest BCUT2D eigenvalue weighted by Gasteiger charge is -2.16. The van der Waals surface area contributed by atoms with Crippen LogP contribution in [-0.2, 0) is 0 Å². The van der Waals surface area contributed by atoms with Crippen molar-refractivity contribution in [1.82, 2.24) is 15.2 Å². The Morgan fingerprint density at radius 1 is 1.18 bits per heavy atom. The van der Waals surface area contributed by atoms with Gasteiger partial charge in [0.05, 0.1) is 11.8 Å². The highest BCUT2D eigenvalue weighted by Crippen LogP contribution is 2.37. The summed E-state index contributed by atoms with van der Waals surface area (Å²) in [5, 5.41) is 17.9. The highest BCUT2D eigenvalue weighted by Gasteiger charge is 2.23. The summed E-state index contributed by atoms with van der Waals surface area (Å²) in [7, 11) is 0. The number of nitrogens with zero attached hydrogens (tertiary/aromatic N) is 3. The molecule has 0 aliphatic carbocycles. The average molecular weight is 391 g/mol. The van der Waals surface area contributed by atoms with E-state index in [4.69, 9.17) is 16.9 Å². The maximum Gasteiger partial charge on any atom is 0.128 e. The first-order valence-corrected chi connectivity index (χ1v) is 9.26. The number of nitrogens with one attached hydrogen (secondary N) is 1. The summed E-state index contributed by atoms with van der Waals surface area (Å²) in [4.78, 5) is 4.18. The first-order valence-electron chi connectivity index (χ1n) is 8.88. The number of hydrogen-bond donors (Lipinski definition) is 1. The standard InChI is InChI=1S/C22H16ClFN4/c23-15-8-9-17(20(24)12-15)18(7-2-10-25)22-19-6-1-5-16(21(19)27-28-22)14-4-3-11-26-13-14/h1,3-6,8-9,11-13,18H,2,7H2,(H,27,28). The van der Waals surface area contributed by atoms with Gasteiger partial charge in [0.1, 0.15) is 11.3 Å². The Bertz CT molecular complexity index is 1160. The Morgan fingerprint density at radius 3 is 2.82 bits per heavy atom. The number of aromatic nitrogens is 3. The minimum absolute atomic E-state index is 0.301. The van der Waals surface area contributed by atoms with Crippen molar-refractivity contribution in [2.75, 3.05) is 0 Å². The zero-order valence-electron chi connectivity index (χ0n) is 14.9. The van der Waals surface area contributed by atoms with Crippen LogP contribution in [0.4, 0.5) is 4.39 Å². The van der Waals surface area contributed by atoms with Crippen molar-refractivity contribution in [3.8, 4) is 17.2 Å². The summed E-state index contributed by atoms with van der Waals surface area (Å²) in [5.74, 6) is -0.715. The Hall–Kier alpha value is -3.23. The number of H-pyrrole nitrogens is 1. The highest BCUT2D eigenvalue weighted by molar-refractivity contribution is 6.30. The lowest BCUT2D eigenvalue weighted by molar-refractivity contribution is 0.584. The fourth-order valence-corrected chi connectivity index (χ4v) is 3.69. The smallest absolute Gasteiger partial charge is 0.128 e. The molecule has 4 aromatic rings. The maximum atomic E-state index is 14.7. The second kappa shape index (κ2) is 7.79. The van der Waals surface area contributed by atoms with Gasteiger partial charge in [-0.25, -0.2) is 4.39 Å². The van der Waals surface area contributed by atoms with Crippen molar-refractivity contribution < 1.29 is 4.39 Å². The molecule has 4 rings (SSSR count). The summed E-state index contributed by atoms with van der Waals surface area (Å²) < 4.78 is 14.7. The third kappa shape index (κ3) is 3.35. The molecule has 0 amide bonds. The minimum Gasteiger partial charge on any atom is -0.281 e. The summed E-state index contributed by atoms with van der Waals surface area (Å²) in [6, 6.07) is 16.5. The number of hydrogen-bond acceptors (Lipinski definition) is 3. The van der Waals surface area contributed by atoms with Crippen LogP contribution in [-0.4, -0.2) is 15.2 Å². The van der Waals surface area contributed by atoms with E-state index in [2.05, 4.69) is 21.3 Å². The van der Waals surface area contributed by atoms with E-state index in [9.17, 15) is 4.39 Å². The molecule has 2 aromatic carbocycles. The second-order valence-electron chi connectivity index (χ2n) is 6.50. The summed E-state index contributed by atoms with van der Waals surface area (Å²) in [6.07, 6.45) is 4.29. The second-order valence-corrected chi connectivity index (χ2v) is 6.93. The van der Waals surface area contributed by atoms with Gasteiger partial charge < -0.3 is 0 Å². The van der Waals surface area contributed by atoms with Crippen molar-refractivity contribution in [3.63, 3.8) is 0 Å². The van der Waals surface area contributed by atoms with Crippen LogP contribution >= 0.6 is 11.6 Å². The fourth-order valence-electron chi connectivity index (χ4n) is 3.53. The average Bonchev–Trinajstić information content (AvgIpc) is 3.14. The fraction of sp³-hybridized carbons (Fsp3) is 0.136. The number of nitriles is 1. The van der Waals surface area contributed by atoms with Crippen molar-refractivity contribution in [2.24, 2.45) is 0 Å². The van der Waals surface area contributed by atoms with E-state index in [1.165, 1.54) is 6.07 Å². The molecule has 1 unspecified atom stereocenters. The van der Waals surface area contributed by atoms with Gasteiger partial charge in [-0.1, -0.05) is 41.9 Å². The van der Waals surface area contributed by atoms with Gasteiger partial charge in [0.25, 0.3) is 0 Å². The number of pyridine rings is 1. The molecule has 6 heteroatoms. The number of para-hydroxylation sites is 1. The monoisotopic (exact) mass is 390 g/mol. The van der Waals surface area contributed by atoms with E-state index < -0.39 is 0 Å². The van der Waals surface area contributed by atoms with Crippen LogP contribution in [0, 0.1) is 17.1 Å². The first-order chi connectivity index (χ1) is 13.7. The Morgan fingerprint density at radius 2 is 2.07 bits per heavy atom.